The van der Waals surface area contributed by atoms with Crippen molar-refractivity contribution in [1.29, 1.82) is 0 Å². The first-order chi connectivity index (χ1) is 4.29. The first-order valence-electron chi connectivity index (χ1n) is 3.04. The summed E-state index contributed by atoms with van der Waals surface area (Å²) in [5.41, 5.74) is 2.69. The molecule has 3 heteroatoms. The first-order valence-corrected chi connectivity index (χ1v) is 3.80. The predicted molar refractivity (Wildman–Crippen MR) is 39.6 cm³/mol. The smallest absolute Gasteiger partial charge is 0.0828 e. The molecule has 10 heavy (non-hydrogen) atoms. The van der Waals surface area contributed by atoms with Crippen molar-refractivity contribution >= 4 is 23.2 Å². The van der Waals surface area contributed by atoms with Gasteiger partial charge in [-0.3, -0.25) is 0 Å². The summed E-state index contributed by atoms with van der Waals surface area (Å²) < 4.78 is 0. The van der Waals surface area contributed by atoms with Crippen LogP contribution >= 0.6 is 23.2 Å². The number of fused-ring (bicyclic) bond motifs is 2. The van der Waals surface area contributed by atoms with Crippen LogP contribution in [0.4, 0.5) is 0 Å². The van der Waals surface area contributed by atoms with Crippen LogP contribution in [0.5, 0.6) is 0 Å². The molecule has 2 rings (SSSR count). The minimum Gasteiger partial charge on any atom is -0.0828 e. The van der Waals surface area contributed by atoms with Crippen molar-refractivity contribution in [2.24, 2.45) is 0 Å². The standard InChI is InChI=1S/C7H6Cl2.Pt/c8-6-4-1-2-5(3-4)7(6)9;/h1-3H2;/q;+2. The molecule has 1 fully saturated rings. The van der Waals surface area contributed by atoms with E-state index in [1.54, 1.807) is 0 Å². The molecule has 1 saturated carbocycles. The van der Waals surface area contributed by atoms with Gasteiger partial charge in [0.2, 0.25) is 0 Å². The van der Waals surface area contributed by atoms with Crippen LogP contribution in [0.1, 0.15) is 19.3 Å². The third-order valence-corrected chi connectivity index (χ3v) is 2.98. The van der Waals surface area contributed by atoms with Gasteiger partial charge in [0.05, 0.1) is 10.1 Å². The molecule has 0 aromatic carbocycles. The first kappa shape index (κ1) is 8.84. The molecule has 0 spiro atoms. The predicted octanol–water partition coefficient (Wildman–Crippen LogP) is 3.17. The Morgan fingerprint density at radius 3 is 1.50 bits per heavy atom. The summed E-state index contributed by atoms with van der Waals surface area (Å²) in [7, 11) is 0. The van der Waals surface area contributed by atoms with E-state index in [-0.39, 0.29) is 21.1 Å². The Kier molecular flexibility index (Phi) is 2.66. The fraction of sp³-hybridized carbons (Fsp3) is 0.429. The van der Waals surface area contributed by atoms with E-state index in [2.05, 4.69) is 0 Å². The zero-order chi connectivity index (χ0) is 6.43. The molecule has 2 aliphatic carbocycles. The van der Waals surface area contributed by atoms with Crippen molar-refractivity contribution in [3.05, 3.63) is 21.2 Å². The van der Waals surface area contributed by atoms with Gasteiger partial charge in [-0.15, -0.1) is 0 Å². The van der Waals surface area contributed by atoms with Gasteiger partial charge in [-0.05, 0) is 30.4 Å². The maximum absolute atomic E-state index is 5.85. The van der Waals surface area contributed by atoms with Crippen LogP contribution in [-0.4, -0.2) is 0 Å². The van der Waals surface area contributed by atoms with Gasteiger partial charge in [-0.1, -0.05) is 23.2 Å². The van der Waals surface area contributed by atoms with Gasteiger partial charge in [-0.2, -0.15) is 0 Å². The molecule has 2 bridgehead atoms. The quantitative estimate of drug-likeness (QED) is 0.626. The minimum atomic E-state index is 0. The number of rotatable bonds is 0. The number of hydrogen-bond donors (Lipinski definition) is 0. The van der Waals surface area contributed by atoms with Crippen LogP contribution in [0.25, 0.3) is 0 Å². The van der Waals surface area contributed by atoms with Crippen molar-refractivity contribution in [2.75, 3.05) is 0 Å². The van der Waals surface area contributed by atoms with Crippen LogP contribution in [0.2, 0.25) is 0 Å². The molecule has 2 aliphatic rings. The molecule has 0 saturated heterocycles. The molecule has 56 valence electrons. The molecule has 0 N–H and O–H groups in total. The fourth-order valence-electron chi connectivity index (χ4n) is 1.42. The monoisotopic (exact) mass is 355 g/mol. The molecule has 0 radical (unpaired) electrons. The summed E-state index contributed by atoms with van der Waals surface area (Å²) in [6.45, 7) is 0. The largest absolute Gasteiger partial charge is 2.00 e. The maximum atomic E-state index is 5.85. The zero-order valence-corrected chi connectivity index (χ0v) is 8.98. The normalized spacial score (nSPS) is 22.2. The minimum absolute atomic E-state index is 0. The number of hydrogen-bond acceptors (Lipinski definition) is 0. The summed E-state index contributed by atoms with van der Waals surface area (Å²) >= 11 is 11.7. The number of allylic oxidation sites excluding steroid dienone is 4. The van der Waals surface area contributed by atoms with E-state index in [1.165, 1.54) is 11.1 Å². The Labute approximate surface area is 84.5 Å². The molecule has 0 amide bonds. The molecule has 0 aliphatic heterocycles. The molecule has 0 aromatic rings. The van der Waals surface area contributed by atoms with Crippen molar-refractivity contribution in [3.63, 3.8) is 0 Å². The van der Waals surface area contributed by atoms with Gasteiger partial charge in [0.15, 0.2) is 0 Å². The molecular formula is C7H6Cl2Pt+2. The summed E-state index contributed by atoms with van der Waals surface area (Å²) in [4.78, 5) is 0. The fourth-order valence-corrected chi connectivity index (χ4v) is 2.01. The van der Waals surface area contributed by atoms with Gasteiger partial charge in [0.1, 0.15) is 0 Å². The molecule has 0 heterocycles. The average molecular weight is 356 g/mol. The Morgan fingerprint density at radius 2 is 1.30 bits per heavy atom. The van der Waals surface area contributed by atoms with Crippen LogP contribution in [0.15, 0.2) is 21.2 Å². The maximum Gasteiger partial charge on any atom is 2.00 e. The van der Waals surface area contributed by atoms with Gasteiger partial charge in [0, 0.05) is 0 Å². The van der Waals surface area contributed by atoms with Crippen molar-refractivity contribution in [2.45, 2.75) is 19.3 Å². The van der Waals surface area contributed by atoms with E-state index in [9.17, 15) is 0 Å². The van der Waals surface area contributed by atoms with Crippen molar-refractivity contribution < 1.29 is 21.1 Å². The summed E-state index contributed by atoms with van der Waals surface area (Å²) in [6, 6.07) is 0. The van der Waals surface area contributed by atoms with Gasteiger partial charge < -0.3 is 0 Å². The van der Waals surface area contributed by atoms with E-state index in [0.29, 0.717) is 0 Å². The Hall–Kier alpha value is 0.748. The van der Waals surface area contributed by atoms with Crippen LogP contribution in [-0.2, 0) is 21.1 Å². The van der Waals surface area contributed by atoms with E-state index in [0.717, 1.165) is 29.3 Å². The molecule has 0 nitrogen and oxygen atoms in total. The topological polar surface area (TPSA) is 0 Å². The van der Waals surface area contributed by atoms with Crippen LogP contribution in [0.3, 0.4) is 0 Å². The van der Waals surface area contributed by atoms with E-state index >= 15 is 0 Å². The third kappa shape index (κ3) is 1.11. The van der Waals surface area contributed by atoms with Crippen molar-refractivity contribution in [3.8, 4) is 0 Å². The number of halogens is 2. The Morgan fingerprint density at radius 1 is 0.900 bits per heavy atom. The van der Waals surface area contributed by atoms with E-state index in [4.69, 9.17) is 23.2 Å². The SMILES string of the molecule is ClC1=C2CCC(=C1Cl)C2.[Pt+2]. The molecular weight excluding hydrogens is 350 g/mol. The third-order valence-electron chi connectivity index (χ3n) is 1.97. The Bertz CT molecular complexity index is 204. The second-order valence-corrected chi connectivity index (χ2v) is 3.27. The van der Waals surface area contributed by atoms with Gasteiger partial charge >= 0.3 is 21.1 Å². The van der Waals surface area contributed by atoms with Crippen LogP contribution < -0.4 is 0 Å². The molecule has 0 unspecified atom stereocenters. The summed E-state index contributed by atoms with van der Waals surface area (Å²) in [6.07, 6.45) is 3.34. The zero-order valence-electron chi connectivity index (χ0n) is 5.19. The van der Waals surface area contributed by atoms with Gasteiger partial charge in [-0.25, -0.2) is 0 Å². The van der Waals surface area contributed by atoms with E-state index in [1.807, 2.05) is 0 Å². The van der Waals surface area contributed by atoms with Crippen LogP contribution in [0, 0.1) is 0 Å². The van der Waals surface area contributed by atoms with Gasteiger partial charge in [0.25, 0.3) is 0 Å². The summed E-state index contributed by atoms with van der Waals surface area (Å²) in [5, 5.41) is 1.66. The van der Waals surface area contributed by atoms with Crippen molar-refractivity contribution in [1.82, 2.24) is 0 Å². The average Bonchev–Trinajstić information content (AvgIpc) is 2.37. The second kappa shape index (κ2) is 3.01. The van der Waals surface area contributed by atoms with E-state index < -0.39 is 0 Å². The molecule has 0 aromatic heterocycles. The molecule has 0 atom stereocenters. The second-order valence-electron chi connectivity index (χ2n) is 2.51. The Balaban J connectivity index is 0.000000500. The summed E-state index contributed by atoms with van der Waals surface area (Å²) in [5.74, 6) is 0.